The molecule has 0 saturated heterocycles. The van der Waals surface area contributed by atoms with Gasteiger partial charge in [-0.05, 0) is 44.0 Å². The summed E-state index contributed by atoms with van der Waals surface area (Å²) in [6.07, 6.45) is 3.48. The third kappa shape index (κ3) is 2.81. The van der Waals surface area contributed by atoms with Gasteiger partial charge in [-0.1, -0.05) is 6.07 Å². The number of hydrogen-bond acceptors (Lipinski definition) is 3. The molecule has 0 saturated carbocycles. The largest absolute Gasteiger partial charge is 0.373 e. The normalized spacial score (nSPS) is 10.4. The van der Waals surface area contributed by atoms with Crippen LogP contribution in [0.5, 0.6) is 0 Å². The van der Waals surface area contributed by atoms with Crippen LogP contribution < -0.4 is 10.9 Å². The topological polar surface area (TPSA) is 46.9 Å². The van der Waals surface area contributed by atoms with Crippen molar-refractivity contribution < 1.29 is 0 Å². The van der Waals surface area contributed by atoms with Crippen molar-refractivity contribution in [3.63, 3.8) is 0 Å². The summed E-state index contributed by atoms with van der Waals surface area (Å²) in [7, 11) is 1.81. The molecular formula is C12H11Br2N3O. The Hall–Kier alpha value is -1.14. The molecule has 0 aliphatic rings. The van der Waals surface area contributed by atoms with Crippen LogP contribution in [-0.4, -0.2) is 16.6 Å². The average Bonchev–Trinajstić information content (AvgIpc) is 2.36. The number of anilines is 1. The molecule has 2 aromatic rings. The van der Waals surface area contributed by atoms with Crippen molar-refractivity contribution in [1.82, 2.24) is 9.55 Å². The predicted molar refractivity (Wildman–Crippen MR) is 79.0 cm³/mol. The Morgan fingerprint density at radius 3 is 2.94 bits per heavy atom. The second-order valence-corrected chi connectivity index (χ2v) is 5.47. The number of nitrogens with one attached hydrogen (secondary N) is 1. The highest BCUT2D eigenvalue weighted by molar-refractivity contribution is 9.11. The van der Waals surface area contributed by atoms with Gasteiger partial charge in [0.25, 0.3) is 5.56 Å². The summed E-state index contributed by atoms with van der Waals surface area (Å²) in [4.78, 5) is 16.2. The molecule has 2 aromatic heterocycles. The van der Waals surface area contributed by atoms with E-state index in [1.807, 2.05) is 19.2 Å². The quantitative estimate of drug-likeness (QED) is 0.901. The van der Waals surface area contributed by atoms with Gasteiger partial charge >= 0.3 is 0 Å². The molecule has 2 heterocycles. The van der Waals surface area contributed by atoms with E-state index in [0.717, 1.165) is 15.9 Å². The fourth-order valence-corrected chi connectivity index (χ4v) is 2.91. The average molecular weight is 373 g/mol. The Balaban J connectivity index is 2.43. The molecule has 0 atom stereocenters. The van der Waals surface area contributed by atoms with Gasteiger partial charge in [-0.2, -0.15) is 0 Å². The van der Waals surface area contributed by atoms with E-state index in [9.17, 15) is 4.79 Å². The number of nitrogens with zero attached hydrogens (tertiary/aromatic N) is 2. The second-order valence-electron chi connectivity index (χ2n) is 3.70. The zero-order valence-corrected chi connectivity index (χ0v) is 12.8. The number of pyridine rings is 2. The fraction of sp³-hybridized carbons (Fsp3) is 0.167. The van der Waals surface area contributed by atoms with Gasteiger partial charge in [0, 0.05) is 29.5 Å². The molecule has 94 valence electrons. The van der Waals surface area contributed by atoms with Crippen LogP contribution in [0.3, 0.4) is 0 Å². The van der Waals surface area contributed by atoms with Crippen LogP contribution in [0.2, 0.25) is 0 Å². The maximum absolute atomic E-state index is 12.0. The van der Waals surface area contributed by atoms with E-state index in [1.54, 1.807) is 23.0 Å². The third-order valence-electron chi connectivity index (χ3n) is 2.48. The van der Waals surface area contributed by atoms with Gasteiger partial charge in [-0.15, -0.1) is 0 Å². The lowest BCUT2D eigenvalue weighted by atomic mass is 10.2. The Morgan fingerprint density at radius 2 is 2.22 bits per heavy atom. The predicted octanol–water partition coefficient (Wildman–Crippen LogP) is 2.86. The highest BCUT2D eigenvalue weighted by atomic mass is 79.9. The number of rotatable bonds is 3. The molecule has 18 heavy (non-hydrogen) atoms. The van der Waals surface area contributed by atoms with Crippen LogP contribution in [0, 0.1) is 0 Å². The molecule has 0 unspecified atom stereocenters. The summed E-state index contributed by atoms with van der Waals surface area (Å²) in [5.74, 6) is 0.778. The van der Waals surface area contributed by atoms with Crippen LogP contribution in [0.25, 0.3) is 0 Å². The summed E-state index contributed by atoms with van der Waals surface area (Å²) in [5, 5.41) is 3.01. The van der Waals surface area contributed by atoms with Crippen molar-refractivity contribution in [3.05, 3.63) is 55.5 Å². The van der Waals surface area contributed by atoms with Gasteiger partial charge in [-0.25, -0.2) is 4.98 Å². The number of halogens is 2. The number of aromatic nitrogens is 2. The maximum Gasteiger partial charge on any atom is 0.265 e. The Morgan fingerprint density at radius 1 is 1.44 bits per heavy atom. The van der Waals surface area contributed by atoms with Crippen molar-refractivity contribution >= 4 is 37.7 Å². The summed E-state index contributed by atoms with van der Waals surface area (Å²) in [6, 6.07) is 5.54. The van der Waals surface area contributed by atoms with Crippen LogP contribution >= 0.6 is 31.9 Å². The van der Waals surface area contributed by atoms with Crippen LogP contribution in [0.15, 0.2) is 44.3 Å². The summed E-state index contributed by atoms with van der Waals surface area (Å²) in [6.45, 7) is 0.473. The van der Waals surface area contributed by atoms with Crippen molar-refractivity contribution in [3.8, 4) is 0 Å². The Kier molecular flexibility index (Phi) is 4.19. The van der Waals surface area contributed by atoms with Crippen molar-refractivity contribution in [2.24, 2.45) is 0 Å². The van der Waals surface area contributed by atoms with Crippen molar-refractivity contribution in [1.29, 1.82) is 0 Å². The first-order valence-electron chi connectivity index (χ1n) is 5.29. The molecule has 0 radical (unpaired) electrons. The van der Waals surface area contributed by atoms with Gasteiger partial charge in [0.15, 0.2) is 0 Å². The van der Waals surface area contributed by atoms with Crippen molar-refractivity contribution in [2.75, 3.05) is 12.4 Å². The van der Waals surface area contributed by atoms with Crippen LogP contribution in [-0.2, 0) is 6.54 Å². The van der Waals surface area contributed by atoms with E-state index in [0.29, 0.717) is 11.0 Å². The third-order valence-corrected chi connectivity index (χ3v) is 3.48. The first-order valence-corrected chi connectivity index (χ1v) is 6.87. The first-order chi connectivity index (χ1) is 8.61. The smallest absolute Gasteiger partial charge is 0.265 e. The lowest BCUT2D eigenvalue weighted by Gasteiger charge is -2.10. The van der Waals surface area contributed by atoms with Gasteiger partial charge in [0.1, 0.15) is 5.82 Å². The van der Waals surface area contributed by atoms with E-state index >= 15 is 0 Å². The molecule has 6 heteroatoms. The molecule has 0 bridgehead atoms. The first kappa shape index (κ1) is 13.3. The SMILES string of the molecule is CNc1ncccc1Cn1cc(Br)cc(Br)c1=O. The molecule has 1 N–H and O–H groups in total. The van der Waals surface area contributed by atoms with Gasteiger partial charge in [0.2, 0.25) is 0 Å². The summed E-state index contributed by atoms with van der Waals surface area (Å²) < 4.78 is 3.02. The molecule has 0 aliphatic heterocycles. The molecule has 4 nitrogen and oxygen atoms in total. The van der Waals surface area contributed by atoms with Crippen LogP contribution in [0.4, 0.5) is 5.82 Å². The minimum absolute atomic E-state index is 0.0656. The van der Waals surface area contributed by atoms with Gasteiger partial charge in [-0.3, -0.25) is 4.79 Å². The zero-order chi connectivity index (χ0) is 13.1. The van der Waals surface area contributed by atoms with E-state index in [-0.39, 0.29) is 5.56 Å². The van der Waals surface area contributed by atoms with E-state index in [4.69, 9.17) is 0 Å². The highest BCUT2D eigenvalue weighted by Gasteiger charge is 2.07. The zero-order valence-electron chi connectivity index (χ0n) is 9.65. The molecule has 0 aliphatic carbocycles. The van der Waals surface area contributed by atoms with Gasteiger partial charge in [0.05, 0.1) is 11.0 Å². The summed E-state index contributed by atoms with van der Waals surface area (Å²) >= 11 is 6.63. The maximum atomic E-state index is 12.0. The molecule has 0 spiro atoms. The molecule has 0 fully saturated rings. The fourth-order valence-electron chi connectivity index (χ4n) is 1.66. The molecular weight excluding hydrogens is 362 g/mol. The minimum atomic E-state index is -0.0656. The second kappa shape index (κ2) is 5.67. The highest BCUT2D eigenvalue weighted by Crippen LogP contribution is 2.16. The monoisotopic (exact) mass is 371 g/mol. The Bertz CT molecular complexity index is 625. The van der Waals surface area contributed by atoms with E-state index in [2.05, 4.69) is 42.2 Å². The Labute approximate surface area is 121 Å². The standard InChI is InChI=1S/C12H11Br2N3O/c1-15-11-8(3-2-4-16-11)6-17-7-9(13)5-10(14)12(17)18/h2-5,7H,6H2,1H3,(H,15,16). The van der Waals surface area contributed by atoms with E-state index in [1.165, 1.54) is 0 Å². The lowest BCUT2D eigenvalue weighted by Crippen LogP contribution is -2.21. The van der Waals surface area contributed by atoms with Crippen LogP contribution in [0.1, 0.15) is 5.56 Å². The minimum Gasteiger partial charge on any atom is -0.373 e. The van der Waals surface area contributed by atoms with Gasteiger partial charge < -0.3 is 9.88 Å². The molecule has 0 aromatic carbocycles. The van der Waals surface area contributed by atoms with E-state index < -0.39 is 0 Å². The molecule has 2 rings (SSSR count). The molecule has 0 amide bonds. The van der Waals surface area contributed by atoms with Crippen molar-refractivity contribution in [2.45, 2.75) is 6.54 Å². The summed E-state index contributed by atoms with van der Waals surface area (Å²) in [5.41, 5.74) is 0.899. The number of hydrogen-bond donors (Lipinski definition) is 1. The lowest BCUT2D eigenvalue weighted by molar-refractivity contribution is 0.750.